The molecule has 18 heavy (non-hydrogen) atoms. The second kappa shape index (κ2) is 5.83. The Labute approximate surface area is 112 Å². The zero-order valence-electron chi connectivity index (χ0n) is 10.6. The van der Waals surface area contributed by atoms with Gasteiger partial charge >= 0.3 is 0 Å². The van der Waals surface area contributed by atoms with E-state index in [0.29, 0.717) is 0 Å². The summed E-state index contributed by atoms with van der Waals surface area (Å²) in [5.74, 6) is 0.0115. The van der Waals surface area contributed by atoms with E-state index in [-0.39, 0.29) is 11.9 Å². The first-order chi connectivity index (χ1) is 8.70. The highest BCUT2D eigenvalue weighted by Gasteiger charge is 2.14. The lowest BCUT2D eigenvalue weighted by Crippen LogP contribution is -2.27. The molecule has 2 aromatic rings. The largest absolute Gasteiger partial charge is 0.345 e. The average Bonchev–Trinajstić information content (AvgIpc) is 2.91. The van der Waals surface area contributed by atoms with E-state index in [1.165, 1.54) is 16.9 Å². The monoisotopic (exact) mass is 259 g/mol. The van der Waals surface area contributed by atoms with E-state index < -0.39 is 0 Å². The third kappa shape index (κ3) is 2.99. The third-order valence-electron chi connectivity index (χ3n) is 2.94. The molecule has 0 spiro atoms. The summed E-state index contributed by atoms with van der Waals surface area (Å²) in [6.45, 7) is 4.15. The maximum absolute atomic E-state index is 12.0. The first-order valence-electron chi connectivity index (χ1n) is 6.11. The molecule has 1 heterocycles. The number of hydrogen-bond acceptors (Lipinski definition) is 2. The van der Waals surface area contributed by atoms with Crippen LogP contribution < -0.4 is 5.32 Å². The molecule has 1 aromatic carbocycles. The first-order valence-corrected chi connectivity index (χ1v) is 6.99. The van der Waals surface area contributed by atoms with Crippen molar-refractivity contribution in [1.82, 2.24) is 5.32 Å². The van der Waals surface area contributed by atoms with Crippen LogP contribution in [0.1, 0.15) is 40.2 Å². The third-order valence-corrected chi connectivity index (χ3v) is 3.81. The van der Waals surface area contributed by atoms with E-state index in [9.17, 15) is 4.79 Å². The Morgan fingerprint density at radius 3 is 2.56 bits per heavy atom. The minimum absolute atomic E-state index is 0.0115. The number of amides is 1. The van der Waals surface area contributed by atoms with Gasteiger partial charge in [0.1, 0.15) is 0 Å². The van der Waals surface area contributed by atoms with Crippen molar-refractivity contribution in [2.75, 3.05) is 0 Å². The fourth-order valence-corrected chi connectivity index (χ4v) is 2.48. The quantitative estimate of drug-likeness (QED) is 0.885. The molecule has 0 bridgehead atoms. The minimum Gasteiger partial charge on any atom is -0.345 e. The Kier molecular flexibility index (Phi) is 4.15. The van der Waals surface area contributed by atoms with Crippen LogP contribution in [-0.4, -0.2) is 5.91 Å². The molecule has 0 saturated carbocycles. The summed E-state index contributed by atoms with van der Waals surface area (Å²) < 4.78 is 0. The number of hydrogen-bond donors (Lipinski definition) is 1. The van der Waals surface area contributed by atoms with Crippen LogP contribution in [0.4, 0.5) is 0 Å². The molecule has 1 amide bonds. The van der Waals surface area contributed by atoms with E-state index in [0.717, 1.165) is 16.9 Å². The summed E-state index contributed by atoms with van der Waals surface area (Å²) in [7, 11) is 0. The predicted molar refractivity (Wildman–Crippen MR) is 76.0 cm³/mol. The Balaban J connectivity index is 2.10. The fraction of sp³-hybridized carbons (Fsp3) is 0.267. The van der Waals surface area contributed by atoms with Crippen LogP contribution in [0.2, 0.25) is 0 Å². The molecule has 1 atom stereocenters. The van der Waals surface area contributed by atoms with Crippen molar-refractivity contribution in [3.8, 4) is 0 Å². The van der Waals surface area contributed by atoms with Crippen molar-refractivity contribution in [1.29, 1.82) is 0 Å². The van der Waals surface area contributed by atoms with Crippen molar-refractivity contribution in [3.63, 3.8) is 0 Å². The predicted octanol–water partition coefficient (Wildman–Crippen LogP) is 3.94. The van der Waals surface area contributed by atoms with Gasteiger partial charge in [-0.05, 0) is 30.4 Å². The number of carbonyl (C=O) groups excluding carboxylic acids is 1. The molecule has 94 valence electrons. The van der Waals surface area contributed by atoms with Gasteiger partial charge in [0.25, 0.3) is 5.91 Å². The minimum atomic E-state index is 0.0115. The zero-order valence-corrected chi connectivity index (χ0v) is 11.5. The number of nitrogens with one attached hydrogen (secondary N) is 1. The number of rotatable bonds is 4. The van der Waals surface area contributed by atoms with Gasteiger partial charge in [-0.1, -0.05) is 42.8 Å². The Morgan fingerprint density at radius 1 is 1.28 bits per heavy atom. The lowest BCUT2D eigenvalue weighted by atomic mass is 10.0. The van der Waals surface area contributed by atoms with E-state index in [1.54, 1.807) is 0 Å². The van der Waals surface area contributed by atoms with Crippen LogP contribution >= 0.6 is 11.3 Å². The zero-order chi connectivity index (χ0) is 13.0. The lowest BCUT2D eigenvalue weighted by molar-refractivity contribution is 0.0939. The van der Waals surface area contributed by atoms with Crippen molar-refractivity contribution in [2.45, 2.75) is 26.3 Å². The molecule has 0 aliphatic heterocycles. The molecule has 0 unspecified atom stereocenters. The number of aryl methyl sites for hydroxylation is 1. The van der Waals surface area contributed by atoms with Gasteiger partial charge in [0.05, 0.1) is 10.9 Å². The van der Waals surface area contributed by atoms with Gasteiger partial charge in [0.2, 0.25) is 0 Å². The number of benzene rings is 1. The lowest BCUT2D eigenvalue weighted by Gasteiger charge is -2.17. The van der Waals surface area contributed by atoms with Gasteiger partial charge in [-0.3, -0.25) is 4.79 Å². The summed E-state index contributed by atoms with van der Waals surface area (Å²) in [5, 5.41) is 4.99. The van der Waals surface area contributed by atoms with Crippen molar-refractivity contribution in [3.05, 3.63) is 57.8 Å². The van der Waals surface area contributed by atoms with Crippen LogP contribution in [0.3, 0.4) is 0 Å². The van der Waals surface area contributed by atoms with Gasteiger partial charge < -0.3 is 5.32 Å². The van der Waals surface area contributed by atoms with Gasteiger partial charge in [-0.15, -0.1) is 11.3 Å². The molecule has 0 aliphatic rings. The summed E-state index contributed by atoms with van der Waals surface area (Å²) >= 11 is 1.47. The van der Waals surface area contributed by atoms with Crippen LogP contribution in [0, 0.1) is 6.92 Å². The molecule has 0 aliphatic carbocycles. The van der Waals surface area contributed by atoms with Gasteiger partial charge in [-0.2, -0.15) is 0 Å². The van der Waals surface area contributed by atoms with E-state index >= 15 is 0 Å². The molecule has 1 N–H and O–H groups in total. The Hall–Kier alpha value is -1.61. The van der Waals surface area contributed by atoms with Crippen LogP contribution in [0.5, 0.6) is 0 Å². The average molecular weight is 259 g/mol. The summed E-state index contributed by atoms with van der Waals surface area (Å²) in [4.78, 5) is 12.8. The summed E-state index contributed by atoms with van der Waals surface area (Å²) in [6.07, 6.45) is 0.889. The molecule has 1 aromatic heterocycles. The fourth-order valence-electron chi connectivity index (χ4n) is 1.86. The van der Waals surface area contributed by atoms with Gasteiger partial charge in [-0.25, -0.2) is 0 Å². The summed E-state index contributed by atoms with van der Waals surface area (Å²) in [6, 6.07) is 12.1. The Morgan fingerprint density at radius 2 is 2.00 bits per heavy atom. The smallest absolute Gasteiger partial charge is 0.261 e. The second-order valence-corrected chi connectivity index (χ2v) is 5.27. The molecule has 2 rings (SSSR count). The molecule has 0 fully saturated rings. The highest BCUT2D eigenvalue weighted by Crippen LogP contribution is 2.18. The molecule has 3 heteroatoms. The molecular formula is C15H17NOS. The molecular weight excluding hydrogens is 242 g/mol. The van der Waals surface area contributed by atoms with Crippen LogP contribution in [0.15, 0.2) is 41.8 Å². The maximum atomic E-state index is 12.0. The van der Waals surface area contributed by atoms with E-state index in [1.807, 2.05) is 17.5 Å². The van der Waals surface area contributed by atoms with Crippen molar-refractivity contribution in [2.24, 2.45) is 0 Å². The standard InChI is InChI=1S/C15H17NOS/c1-3-13(12-8-6-11(2)7-9-12)16-15(17)14-5-4-10-18-14/h4-10,13H,3H2,1-2H3,(H,16,17)/t13-/m0/s1. The van der Waals surface area contributed by atoms with Gasteiger partial charge in [0.15, 0.2) is 0 Å². The van der Waals surface area contributed by atoms with Gasteiger partial charge in [0, 0.05) is 0 Å². The highest BCUT2D eigenvalue weighted by molar-refractivity contribution is 7.12. The van der Waals surface area contributed by atoms with E-state index in [2.05, 4.69) is 43.4 Å². The maximum Gasteiger partial charge on any atom is 0.261 e. The van der Waals surface area contributed by atoms with E-state index in [4.69, 9.17) is 0 Å². The molecule has 2 nitrogen and oxygen atoms in total. The SMILES string of the molecule is CC[C@H](NC(=O)c1cccs1)c1ccc(C)cc1. The second-order valence-electron chi connectivity index (χ2n) is 4.32. The first kappa shape index (κ1) is 12.8. The Bertz CT molecular complexity index is 502. The summed E-state index contributed by atoms with van der Waals surface area (Å²) in [5.41, 5.74) is 2.39. The van der Waals surface area contributed by atoms with Crippen LogP contribution in [0.25, 0.3) is 0 Å². The van der Waals surface area contributed by atoms with Crippen LogP contribution in [-0.2, 0) is 0 Å². The number of carbonyl (C=O) groups is 1. The normalized spacial score (nSPS) is 12.1. The molecule has 0 saturated heterocycles. The molecule has 0 radical (unpaired) electrons. The number of thiophene rings is 1. The van der Waals surface area contributed by atoms with Crippen molar-refractivity contribution < 1.29 is 4.79 Å². The highest BCUT2D eigenvalue weighted by atomic mass is 32.1. The van der Waals surface area contributed by atoms with Crippen molar-refractivity contribution >= 4 is 17.2 Å². The topological polar surface area (TPSA) is 29.1 Å².